The number of hydrogen-bond donors (Lipinski definition) is 0. The number of unbranched alkanes of at least 4 members (excludes halogenated alkanes) is 8. The average molecular weight is 502 g/mol. The molecule has 198 valence electrons. The van der Waals surface area contributed by atoms with Crippen LogP contribution in [0.1, 0.15) is 90.4 Å². The van der Waals surface area contributed by atoms with Gasteiger partial charge < -0.3 is 9.47 Å². The zero-order valence-corrected chi connectivity index (χ0v) is 22.5. The normalized spacial score (nSPS) is 13.0. The molecule has 0 aliphatic heterocycles. The van der Waals surface area contributed by atoms with Crippen LogP contribution in [0.3, 0.4) is 0 Å². The first-order valence-electron chi connectivity index (χ1n) is 14.5. The van der Waals surface area contributed by atoms with Crippen molar-refractivity contribution in [3.8, 4) is 34.1 Å². The standard InChI is InChI=1S/C32H43N3O2/c1-2-3-4-5-7-11-24-37-32-22-17-28(25-33-32)31-21-20-30(34-35-31)27-15-18-29(19-16-27)36-23-10-8-6-9-12-26-13-14-26/h15-22,25-26H,2-14,23-24H2,1H3. The average Bonchev–Trinajstić information content (AvgIpc) is 3.77. The van der Waals surface area contributed by atoms with Crippen molar-refractivity contribution in [3.05, 3.63) is 54.7 Å². The van der Waals surface area contributed by atoms with Gasteiger partial charge in [0.25, 0.3) is 0 Å². The summed E-state index contributed by atoms with van der Waals surface area (Å²) in [6.07, 6.45) is 18.8. The Morgan fingerprint density at radius 1 is 0.649 bits per heavy atom. The van der Waals surface area contributed by atoms with Gasteiger partial charge in [-0.2, -0.15) is 0 Å². The molecule has 3 aromatic rings. The Bertz CT molecular complexity index is 1020. The number of nitrogens with zero attached hydrogens (tertiary/aromatic N) is 3. The molecule has 0 unspecified atom stereocenters. The fourth-order valence-corrected chi connectivity index (χ4v) is 4.52. The van der Waals surface area contributed by atoms with Crippen LogP contribution in [0.2, 0.25) is 0 Å². The molecule has 0 spiro atoms. The van der Waals surface area contributed by atoms with Crippen molar-refractivity contribution in [2.75, 3.05) is 13.2 Å². The van der Waals surface area contributed by atoms with Crippen LogP contribution in [0.25, 0.3) is 22.5 Å². The zero-order chi connectivity index (χ0) is 25.5. The van der Waals surface area contributed by atoms with Crippen LogP contribution < -0.4 is 9.47 Å². The summed E-state index contributed by atoms with van der Waals surface area (Å²) in [4.78, 5) is 4.44. The van der Waals surface area contributed by atoms with Crippen LogP contribution in [0, 0.1) is 5.92 Å². The van der Waals surface area contributed by atoms with E-state index in [1.165, 1.54) is 70.6 Å². The van der Waals surface area contributed by atoms with Gasteiger partial charge in [0, 0.05) is 23.4 Å². The molecule has 2 heterocycles. The van der Waals surface area contributed by atoms with E-state index in [0.717, 1.165) is 60.2 Å². The first-order valence-corrected chi connectivity index (χ1v) is 14.5. The van der Waals surface area contributed by atoms with E-state index in [1.807, 2.05) is 48.5 Å². The third kappa shape index (κ3) is 9.79. The molecule has 0 amide bonds. The van der Waals surface area contributed by atoms with Crippen molar-refractivity contribution in [2.24, 2.45) is 5.92 Å². The van der Waals surface area contributed by atoms with E-state index in [0.29, 0.717) is 5.88 Å². The summed E-state index contributed by atoms with van der Waals surface area (Å²) < 4.78 is 11.7. The fourth-order valence-electron chi connectivity index (χ4n) is 4.52. The summed E-state index contributed by atoms with van der Waals surface area (Å²) >= 11 is 0. The molecule has 1 aliphatic carbocycles. The van der Waals surface area contributed by atoms with Crippen LogP contribution in [-0.2, 0) is 0 Å². The second kappa shape index (κ2) is 15.3. The molecule has 4 rings (SSSR count). The molecule has 1 saturated carbocycles. The number of hydrogen-bond acceptors (Lipinski definition) is 5. The van der Waals surface area contributed by atoms with E-state index in [-0.39, 0.29) is 0 Å². The van der Waals surface area contributed by atoms with Crippen LogP contribution >= 0.6 is 0 Å². The summed E-state index contributed by atoms with van der Waals surface area (Å²) in [5.74, 6) is 2.63. The molecule has 0 saturated heterocycles. The Kier molecular flexibility index (Phi) is 11.2. The molecule has 5 nitrogen and oxygen atoms in total. The van der Waals surface area contributed by atoms with E-state index in [9.17, 15) is 0 Å². The van der Waals surface area contributed by atoms with E-state index < -0.39 is 0 Å². The van der Waals surface area contributed by atoms with Crippen LogP contribution in [0.15, 0.2) is 54.7 Å². The monoisotopic (exact) mass is 501 g/mol. The minimum atomic E-state index is 0.665. The van der Waals surface area contributed by atoms with Crippen molar-refractivity contribution < 1.29 is 9.47 Å². The maximum Gasteiger partial charge on any atom is 0.213 e. The molecule has 0 N–H and O–H groups in total. The first kappa shape index (κ1) is 27.1. The summed E-state index contributed by atoms with van der Waals surface area (Å²) in [6, 6.07) is 16.0. The highest BCUT2D eigenvalue weighted by Gasteiger charge is 2.19. The lowest BCUT2D eigenvalue weighted by molar-refractivity contribution is 0.293. The number of ether oxygens (including phenoxy) is 2. The summed E-state index contributed by atoms with van der Waals surface area (Å²) in [6.45, 7) is 3.75. The van der Waals surface area contributed by atoms with Crippen molar-refractivity contribution in [1.82, 2.24) is 15.2 Å². The molecule has 5 heteroatoms. The number of aromatic nitrogens is 3. The van der Waals surface area contributed by atoms with Gasteiger partial charge >= 0.3 is 0 Å². The summed E-state index contributed by atoms with van der Waals surface area (Å²) in [5.41, 5.74) is 3.61. The van der Waals surface area contributed by atoms with Crippen molar-refractivity contribution in [1.29, 1.82) is 0 Å². The molecule has 1 aliphatic rings. The number of pyridine rings is 1. The lowest BCUT2D eigenvalue weighted by atomic mass is 10.1. The first-order chi connectivity index (χ1) is 18.3. The lowest BCUT2D eigenvalue weighted by Crippen LogP contribution is -1.99. The Labute approximate surface area is 223 Å². The predicted octanol–water partition coefficient (Wildman–Crippen LogP) is 8.68. The molecule has 2 aromatic heterocycles. The van der Waals surface area contributed by atoms with Gasteiger partial charge in [-0.3, -0.25) is 0 Å². The molecule has 1 aromatic carbocycles. The predicted molar refractivity (Wildman–Crippen MR) is 151 cm³/mol. The lowest BCUT2D eigenvalue weighted by Gasteiger charge is -2.08. The third-order valence-electron chi connectivity index (χ3n) is 7.07. The van der Waals surface area contributed by atoms with Gasteiger partial charge in [0.2, 0.25) is 5.88 Å². The maximum absolute atomic E-state index is 5.92. The second-order valence-corrected chi connectivity index (χ2v) is 10.3. The van der Waals surface area contributed by atoms with Crippen molar-refractivity contribution in [3.63, 3.8) is 0 Å². The molecule has 0 atom stereocenters. The van der Waals surface area contributed by atoms with Crippen molar-refractivity contribution in [2.45, 2.75) is 90.4 Å². The molecule has 37 heavy (non-hydrogen) atoms. The topological polar surface area (TPSA) is 57.1 Å². The SMILES string of the molecule is CCCCCCCCOc1ccc(-c2ccc(-c3ccc(OCCCCCCC4CC4)cc3)nn2)cn1. The van der Waals surface area contributed by atoms with E-state index in [4.69, 9.17) is 9.47 Å². The van der Waals surface area contributed by atoms with Crippen LogP contribution in [-0.4, -0.2) is 28.4 Å². The Morgan fingerprint density at radius 3 is 1.92 bits per heavy atom. The molecular weight excluding hydrogens is 458 g/mol. The Balaban J connectivity index is 1.16. The van der Waals surface area contributed by atoms with Gasteiger partial charge in [-0.15, -0.1) is 10.2 Å². The molecule has 0 bridgehead atoms. The second-order valence-electron chi connectivity index (χ2n) is 10.3. The maximum atomic E-state index is 5.92. The van der Waals surface area contributed by atoms with Crippen LogP contribution in [0.4, 0.5) is 0 Å². The van der Waals surface area contributed by atoms with E-state index >= 15 is 0 Å². The Morgan fingerprint density at radius 2 is 1.27 bits per heavy atom. The Hall–Kier alpha value is -2.95. The van der Waals surface area contributed by atoms with Gasteiger partial charge in [-0.1, -0.05) is 77.6 Å². The minimum absolute atomic E-state index is 0.665. The van der Waals surface area contributed by atoms with Crippen molar-refractivity contribution >= 4 is 0 Å². The van der Waals surface area contributed by atoms with E-state index in [1.54, 1.807) is 6.20 Å². The third-order valence-corrected chi connectivity index (χ3v) is 7.07. The number of benzene rings is 1. The van der Waals surface area contributed by atoms with E-state index in [2.05, 4.69) is 22.1 Å². The summed E-state index contributed by atoms with van der Waals surface area (Å²) in [5, 5.41) is 8.87. The zero-order valence-electron chi connectivity index (χ0n) is 22.5. The van der Waals surface area contributed by atoms with Gasteiger partial charge in [-0.05, 0) is 61.2 Å². The smallest absolute Gasteiger partial charge is 0.213 e. The van der Waals surface area contributed by atoms with Gasteiger partial charge in [-0.25, -0.2) is 4.98 Å². The minimum Gasteiger partial charge on any atom is -0.494 e. The number of rotatable bonds is 18. The summed E-state index contributed by atoms with van der Waals surface area (Å²) in [7, 11) is 0. The largest absolute Gasteiger partial charge is 0.494 e. The molecular formula is C32H43N3O2. The van der Waals surface area contributed by atoms with Gasteiger partial charge in [0.15, 0.2) is 0 Å². The molecule has 0 radical (unpaired) electrons. The highest BCUT2D eigenvalue weighted by atomic mass is 16.5. The fraction of sp³-hybridized carbons (Fsp3) is 0.531. The highest BCUT2D eigenvalue weighted by molar-refractivity contribution is 5.63. The highest BCUT2D eigenvalue weighted by Crippen LogP contribution is 2.34. The van der Waals surface area contributed by atoms with Gasteiger partial charge in [0.1, 0.15) is 5.75 Å². The quantitative estimate of drug-likeness (QED) is 0.163. The molecule has 1 fully saturated rings. The van der Waals surface area contributed by atoms with Crippen LogP contribution in [0.5, 0.6) is 11.6 Å². The van der Waals surface area contributed by atoms with Gasteiger partial charge in [0.05, 0.1) is 24.6 Å².